The molecule has 0 spiro atoms. The number of anilines is 1. The Balaban J connectivity index is 1.63. The summed E-state index contributed by atoms with van der Waals surface area (Å²) >= 11 is 1.34. The van der Waals surface area contributed by atoms with Gasteiger partial charge in [-0.05, 0) is 37.3 Å². The number of para-hydroxylation sites is 1. The summed E-state index contributed by atoms with van der Waals surface area (Å²) in [6, 6.07) is 11.5. The van der Waals surface area contributed by atoms with Crippen LogP contribution in [0, 0.1) is 5.82 Å². The van der Waals surface area contributed by atoms with Crippen LogP contribution in [0.25, 0.3) is 10.2 Å². The fourth-order valence-corrected chi connectivity index (χ4v) is 2.99. The summed E-state index contributed by atoms with van der Waals surface area (Å²) in [5.74, 6) is -0.108. The average Bonchev–Trinajstić information content (AvgIpc) is 2.96. The molecule has 1 amide bonds. The normalized spacial score (nSPS) is 10.6. The summed E-state index contributed by atoms with van der Waals surface area (Å²) in [6.45, 7) is 2.21. The van der Waals surface area contributed by atoms with E-state index in [1.54, 1.807) is 12.1 Å². The van der Waals surface area contributed by atoms with Crippen LogP contribution in [0.5, 0.6) is 11.5 Å². The maximum absolute atomic E-state index is 13.4. The van der Waals surface area contributed by atoms with Crippen molar-refractivity contribution in [3.63, 3.8) is 0 Å². The first-order valence-electron chi connectivity index (χ1n) is 7.36. The van der Waals surface area contributed by atoms with Crippen LogP contribution in [-0.4, -0.2) is 24.1 Å². The summed E-state index contributed by atoms with van der Waals surface area (Å²) in [5, 5.41) is 3.11. The lowest BCUT2D eigenvalue weighted by atomic mass is 10.3. The maximum Gasteiger partial charge on any atom is 0.264 e. The summed E-state index contributed by atoms with van der Waals surface area (Å²) in [7, 11) is 0. The molecule has 24 heavy (non-hydrogen) atoms. The van der Waals surface area contributed by atoms with Gasteiger partial charge >= 0.3 is 0 Å². The Bertz CT molecular complexity index is 866. The fraction of sp³-hybridized carbons (Fsp3) is 0.176. The first kappa shape index (κ1) is 16.2. The Hall–Kier alpha value is -2.67. The number of hydrogen-bond donors (Lipinski definition) is 1. The van der Waals surface area contributed by atoms with Crippen molar-refractivity contribution >= 4 is 32.6 Å². The Kier molecular flexibility index (Phi) is 4.90. The van der Waals surface area contributed by atoms with Gasteiger partial charge in [-0.1, -0.05) is 23.5 Å². The van der Waals surface area contributed by atoms with Crippen molar-refractivity contribution in [2.45, 2.75) is 6.92 Å². The lowest BCUT2D eigenvalue weighted by Crippen LogP contribution is -2.20. The van der Waals surface area contributed by atoms with Crippen LogP contribution in [0.2, 0.25) is 0 Å². The van der Waals surface area contributed by atoms with Crippen LogP contribution in [-0.2, 0) is 4.79 Å². The zero-order chi connectivity index (χ0) is 16.9. The third-order valence-electron chi connectivity index (χ3n) is 3.11. The van der Waals surface area contributed by atoms with Gasteiger partial charge in [0.05, 0.1) is 16.8 Å². The van der Waals surface area contributed by atoms with Crippen LogP contribution < -0.4 is 14.8 Å². The summed E-state index contributed by atoms with van der Waals surface area (Å²) in [5.41, 5.74) is 0.772. The first-order chi connectivity index (χ1) is 11.7. The number of benzene rings is 2. The number of aromatic nitrogens is 1. The molecule has 2 aromatic carbocycles. The fourth-order valence-electron chi connectivity index (χ4n) is 2.08. The summed E-state index contributed by atoms with van der Waals surface area (Å²) in [4.78, 5) is 16.3. The van der Waals surface area contributed by atoms with Gasteiger partial charge in [-0.3, -0.25) is 10.1 Å². The van der Waals surface area contributed by atoms with Crippen molar-refractivity contribution in [1.82, 2.24) is 4.98 Å². The first-order valence-corrected chi connectivity index (χ1v) is 8.18. The van der Waals surface area contributed by atoms with E-state index in [-0.39, 0.29) is 12.4 Å². The van der Waals surface area contributed by atoms with Crippen molar-refractivity contribution in [1.29, 1.82) is 0 Å². The van der Waals surface area contributed by atoms with E-state index in [1.165, 1.54) is 23.5 Å². The predicted octanol–water partition coefficient (Wildman–Crippen LogP) is 3.85. The largest absolute Gasteiger partial charge is 0.494 e. The van der Waals surface area contributed by atoms with Gasteiger partial charge in [0.1, 0.15) is 5.75 Å². The van der Waals surface area contributed by atoms with Crippen molar-refractivity contribution in [2.75, 3.05) is 18.5 Å². The monoisotopic (exact) mass is 346 g/mol. The summed E-state index contributed by atoms with van der Waals surface area (Å²) in [6.07, 6.45) is 0. The molecule has 0 unspecified atom stereocenters. The lowest BCUT2D eigenvalue weighted by molar-refractivity contribution is -0.118. The molecule has 3 rings (SSSR count). The molecule has 0 aliphatic rings. The molecule has 0 radical (unpaired) electrons. The van der Waals surface area contributed by atoms with E-state index in [2.05, 4.69) is 10.3 Å². The minimum atomic E-state index is -0.506. The van der Waals surface area contributed by atoms with Gasteiger partial charge in [0.2, 0.25) is 0 Å². The Labute approximate surface area is 142 Å². The van der Waals surface area contributed by atoms with Gasteiger partial charge in [0.25, 0.3) is 5.91 Å². The minimum absolute atomic E-state index is 0.0401. The van der Waals surface area contributed by atoms with Crippen LogP contribution in [0.3, 0.4) is 0 Å². The Morgan fingerprint density at radius 2 is 2.08 bits per heavy atom. The molecule has 0 aliphatic heterocycles. The van der Waals surface area contributed by atoms with Gasteiger partial charge in [-0.25, -0.2) is 9.37 Å². The number of nitrogens with zero attached hydrogens (tertiary/aromatic N) is 1. The van der Waals surface area contributed by atoms with Gasteiger partial charge in [0, 0.05) is 0 Å². The molecule has 0 fully saturated rings. The number of halogens is 1. The van der Waals surface area contributed by atoms with Crippen molar-refractivity contribution in [2.24, 2.45) is 0 Å². The molecule has 1 heterocycles. The highest BCUT2D eigenvalue weighted by atomic mass is 32.1. The standard InChI is InChI=1S/C17H15FN2O3S/c1-2-22-11-7-8-13-15(9-11)24-17(19-13)20-16(21)10-23-14-6-4-3-5-12(14)18/h3-9H,2,10H2,1H3,(H,19,20,21). The highest BCUT2D eigenvalue weighted by Gasteiger charge is 2.10. The molecular formula is C17H15FN2O3S. The number of carbonyl (C=O) groups excluding carboxylic acids is 1. The van der Waals surface area contributed by atoms with E-state index in [4.69, 9.17) is 9.47 Å². The second-order valence-corrected chi connectivity index (χ2v) is 5.88. The molecule has 124 valence electrons. The maximum atomic E-state index is 13.4. The van der Waals surface area contributed by atoms with Crippen molar-refractivity contribution in [3.8, 4) is 11.5 Å². The molecular weight excluding hydrogens is 331 g/mol. The van der Waals surface area contributed by atoms with E-state index in [0.29, 0.717) is 11.7 Å². The van der Waals surface area contributed by atoms with Gasteiger partial charge in [0.15, 0.2) is 23.3 Å². The molecule has 0 bridgehead atoms. The molecule has 0 saturated carbocycles. The minimum Gasteiger partial charge on any atom is -0.494 e. The summed E-state index contributed by atoms with van der Waals surface area (Å²) < 4.78 is 24.9. The van der Waals surface area contributed by atoms with E-state index in [1.807, 2.05) is 25.1 Å². The third-order valence-corrected chi connectivity index (χ3v) is 4.05. The second kappa shape index (κ2) is 7.27. The number of thiazole rings is 1. The van der Waals surface area contributed by atoms with E-state index in [0.717, 1.165) is 16.0 Å². The van der Waals surface area contributed by atoms with Crippen LogP contribution in [0.1, 0.15) is 6.92 Å². The van der Waals surface area contributed by atoms with E-state index < -0.39 is 11.7 Å². The molecule has 0 atom stereocenters. The predicted molar refractivity (Wildman–Crippen MR) is 91.3 cm³/mol. The quantitative estimate of drug-likeness (QED) is 0.736. The Morgan fingerprint density at radius 3 is 2.88 bits per heavy atom. The van der Waals surface area contributed by atoms with Gasteiger partial charge < -0.3 is 9.47 Å². The molecule has 3 aromatic rings. The molecule has 0 aliphatic carbocycles. The van der Waals surface area contributed by atoms with Crippen LogP contribution >= 0.6 is 11.3 Å². The number of carbonyl (C=O) groups is 1. The van der Waals surface area contributed by atoms with Crippen LogP contribution in [0.4, 0.5) is 9.52 Å². The third kappa shape index (κ3) is 3.80. The highest BCUT2D eigenvalue weighted by molar-refractivity contribution is 7.22. The number of nitrogens with one attached hydrogen (secondary N) is 1. The number of ether oxygens (including phenoxy) is 2. The topological polar surface area (TPSA) is 60.5 Å². The van der Waals surface area contributed by atoms with Crippen molar-refractivity contribution < 1.29 is 18.7 Å². The van der Waals surface area contributed by atoms with Crippen LogP contribution in [0.15, 0.2) is 42.5 Å². The second-order valence-electron chi connectivity index (χ2n) is 4.85. The smallest absolute Gasteiger partial charge is 0.264 e. The van der Waals surface area contributed by atoms with Crippen molar-refractivity contribution in [3.05, 3.63) is 48.3 Å². The molecule has 1 aromatic heterocycles. The molecule has 5 nitrogen and oxygen atoms in total. The number of rotatable bonds is 6. The SMILES string of the molecule is CCOc1ccc2nc(NC(=O)COc3ccccc3F)sc2c1. The zero-order valence-electron chi connectivity index (χ0n) is 12.9. The number of hydrogen-bond acceptors (Lipinski definition) is 5. The number of fused-ring (bicyclic) bond motifs is 1. The molecule has 7 heteroatoms. The zero-order valence-corrected chi connectivity index (χ0v) is 13.7. The lowest BCUT2D eigenvalue weighted by Gasteiger charge is -2.06. The van der Waals surface area contributed by atoms with Gasteiger partial charge in [-0.2, -0.15) is 0 Å². The van der Waals surface area contributed by atoms with E-state index in [9.17, 15) is 9.18 Å². The average molecular weight is 346 g/mol. The molecule has 1 N–H and O–H groups in total. The Morgan fingerprint density at radius 1 is 1.25 bits per heavy atom. The van der Waals surface area contributed by atoms with Gasteiger partial charge in [-0.15, -0.1) is 0 Å². The highest BCUT2D eigenvalue weighted by Crippen LogP contribution is 2.29. The number of amides is 1. The van der Waals surface area contributed by atoms with E-state index >= 15 is 0 Å². The molecule has 0 saturated heterocycles.